The summed E-state index contributed by atoms with van der Waals surface area (Å²) in [4.78, 5) is 48.6. The fourth-order valence-electron chi connectivity index (χ4n) is 3.68. The summed E-state index contributed by atoms with van der Waals surface area (Å²) in [6, 6.07) is 14.2. The number of benzene rings is 1. The van der Waals surface area contributed by atoms with Gasteiger partial charge in [0.25, 0.3) is 17.6 Å². The summed E-state index contributed by atoms with van der Waals surface area (Å²) >= 11 is 0. The number of piperazine rings is 1. The Morgan fingerprint density at radius 3 is 2.53 bits per heavy atom. The Kier molecular flexibility index (Phi) is 5.43. The van der Waals surface area contributed by atoms with Crippen LogP contribution in [0.25, 0.3) is 11.3 Å². The van der Waals surface area contributed by atoms with E-state index in [-0.39, 0.29) is 11.9 Å². The first-order chi connectivity index (χ1) is 14.5. The number of hydrogen-bond acceptors (Lipinski definition) is 4. The molecule has 7 heteroatoms. The molecule has 1 atom stereocenters. The van der Waals surface area contributed by atoms with E-state index in [9.17, 15) is 14.4 Å². The zero-order valence-corrected chi connectivity index (χ0v) is 16.6. The molecule has 1 aliphatic heterocycles. The molecule has 0 saturated carbocycles. The van der Waals surface area contributed by atoms with Crippen molar-refractivity contribution >= 4 is 17.6 Å². The van der Waals surface area contributed by atoms with Gasteiger partial charge in [0.1, 0.15) is 0 Å². The smallest absolute Gasteiger partial charge is 0.295 e. The maximum atomic E-state index is 12.8. The Labute approximate surface area is 174 Å². The lowest BCUT2D eigenvalue weighted by Crippen LogP contribution is -2.56. The van der Waals surface area contributed by atoms with Gasteiger partial charge in [0.15, 0.2) is 0 Å². The second kappa shape index (κ2) is 8.32. The molecule has 0 aliphatic carbocycles. The predicted octanol–water partition coefficient (Wildman–Crippen LogP) is 2.63. The van der Waals surface area contributed by atoms with Gasteiger partial charge in [-0.1, -0.05) is 18.2 Å². The summed E-state index contributed by atoms with van der Waals surface area (Å²) in [6.07, 6.45) is 4.90. The van der Waals surface area contributed by atoms with Crippen LogP contribution in [0.4, 0.5) is 0 Å². The van der Waals surface area contributed by atoms with Crippen LogP contribution in [-0.4, -0.2) is 63.0 Å². The molecule has 7 nitrogen and oxygen atoms in total. The molecule has 1 fully saturated rings. The van der Waals surface area contributed by atoms with Gasteiger partial charge in [0.2, 0.25) is 0 Å². The van der Waals surface area contributed by atoms with Gasteiger partial charge in [-0.25, -0.2) is 0 Å². The monoisotopic (exact) mass is 402 g/mol. The van der Waals surface area contributed by atoms with Crippen LogP contribution in [0.5, 0.6) is 0 Å². The van der Waals surface area contributed by atoms with E-state index in [1.54, 1.807) is 52.7 Å². The van der Waals surface area contributed by atoms with Crippen LogP contribution in [-0.2, 0) is 4.79 Å². The maximum Gasteiger partial charge on any atom is 0.295 e. The Bertz CT molecular complexity index is 1060. The lowest BCUT2D eigenvalue weighted by atomic mass is 10.1. The number of hydrogen-bond donors (Lipinski definition) is 1. The van der Waals surface area contributed by atoms with Gasteiger partial charge >= 0.3 is 0 Å². The molecular formula is C23H22N4O3. The van der Waals surface area contributed by atoms with Crippen LogP contribution < -0.4 is 0 Å². The molecule has 1 aromatic carbocycles. The SMILES string of the molecule is C[C@@H]1CN(C(=O)c2ccccc2)CCN1C(=O)C(=O)c1c[nH]c(-c2cccnc2)c1. The van der Waals surface area contributed by atoms with E-state index in [2.05, 4.69) is 9.97 Å². The number of rotatable bonds is 4. The van der Waals surface area contributed by atoms with Crippen molar-refractivity contribution in [2.45, 2.75) is 13.0 Å². The van der Waals surface area contributed by atoms with E-state index in [4.69, 9.17) is 0 Å². The maximum absolute atomic E-state index is 12.8. The van der Waals surface area contributed by atoms with Crippen LogP contribution in [0, 0.1) is 0 Å². The summed E-state index contributed by atoms with van der Waals surface area (Å²) < 4.78 is 0. The number of ketones is 1. The van der Waals surface area contributed by atoms with Crippen molar-refractivity contribution in [3.8, 4) is 11.3 Å². The molecule has 0 radical (unpaired) electrons. The molecule has 1 saturated heterocycles. The number of nitrogens with zero attached hydrogens (tertiary/aromatic N) is 3. The van der Waals surface area contributed by atoms with Crippen molar-refractivity contribution < 1.29 is 14.4 Å². The highest BCUT2D eigenvalue weighted by molar-refractivity contribution is 6.42. The first-order valence-electron chi connectivity index (χ1n) is 9.83. The highest BCUT2D eigenvalue weighted by Crippen LogP contribution is 2.20. The third kappa shape index (κ3) is 3.87. The lowest BCUT2D eigenvalue weighted by Gasteiger charge is -2.39. The highest BCUT2D eigenvalue weighted by atomic mass is 16.2. The average molecular weight is 402 g/mol. The number of carbonyl (C=O) groups excluding carboxylic acids is 3. The molecule has 2 amide bonds. The van der Waals surface area contributed by atoms with Gasteiger partial charge in [0, 0.05) is 66.7 Å². The molecule has 0 spiro atoms. The summed E-state index contributed by atoms with van der Waals surface area (Å²) in [5, 5.41) is 0. The number of aromatic amines is 1. The number of nitrogens with one attached hydrogen (secondary N) is 1. The van der Waals surface area contributed by atoms with E-state index in [0.717, 1.165) is 11.3 Å². The van der Waals surface area contributed by atoms with E-state index < -0.39 is 11.7 Å². The molecule has 30 heavy (non-hydrogen) atoms. The average Bonchev–Trinajstić information content (AvgIpc) is 3.29. The molecule has 3 heterocycles. The summed E-state index contributed by atoms with van der Waals surface area (Å²) in [5.41, 5.74) is 2.50. The first-order valence-corrected chi connectivity index (χ1v) is 9.83. The molecule has 152 valence electrons. The van der Waals surface area contributed by atoms with Crippen LogP contribution in [0.15, 0.2) is 67.1 Å². The number of H-pyrrole nitrogens is 1. The lowest BCUT2D eigenvalue weighted by molar-refractivity contribution is -0.130. The normalized spacial score (nSPS) is 16.4. The summed E-state index contributed by atoms with van der Waals surface area (Å²) in [7, 11) is 0. The number of Topliss-reactive ketones (excluding diaryl/α,β-unsaturated/α-hetero) is 1. The molecule has 1 aliphatic rings. The molecular weight excluding hydrogens is 380 g/mol. The minimum Gasteiger partial charge on any atom is -0.360 e. The largest absolute Gasteiger partial charge is 0.360 e. The Balaban J connectivity index is 1.42. The summed E-state index contributed by atoms with van der Waals surface area (Å²) in [5.74, 6) is -1.17. The van der Waals surface area contributed by atoms with Crippen molar-refractivity contribution in [1.29, 1.82) is 0 Å². The van der Waals surface area contributed by atoms with Crippen molar-refractivity contribution in [2.24, 2.45) is 0 Å². The third-order valence-corrected chi connectivity index (χ3v) is 5.31. The Morgan fingerprint density at radius 1 is 1.03 bits per heavy atom. The Morgan fingerprint density at radius 2 is 1.83 bits per heavy atom. The zero-order valence-electron chi connectivity index (χ0n) is 16.6. The predicted molar refractivity (Wildman–Crippen MR) is 112 cm³/mol. The van der Waals surface area contributed by atoms with E-state index in [0.29, 0.717) is 30.8 Å². The van der Waals surface area contributed by atoms with Gasteiger partial charge in [-0.05, 0) is 37.3 Å². The summed E-state index contributed by atoms with van der Waals surface area (Å²) in [6.45, 7) is 2.96. The fraction of sp³-hybridized carbons (Fsp3) is 0.217. The number of amides is 2. The standard InChI is InChI=1S/C23H22N4O3/c1-16-15-26(22(29)17-6-3-2-4-7-17)10-11-27(16)23(30)21(28)19-12-20(25-14-19)18-8-5-9-24-13-18/h2-9,12-14,16,25H,10-11,15H2,1H3/t16-/m1/s1. The van der Waals surface area contributed by atoms with Gasteiger partial charge < -0.3 is 14.8 Å². The minimum atomic E-state index is -0.559. The first kappa shape index (κ1) is 19.6. The van der Waals surface area contributed by atoms with Gasteiger partial charge in [-0.3, -0.25) is 19.4 Å². The topological polar surface area (TPSA) is 86.4 Å². The quantitative estimate of drug-likeness (QED) is 0.537. The van der Waals surface area contributed by atoms with E-state index >= 15 is 0 Å². The highest BCUT2D eigenvalue weighted by Gasteiger charge is 2.33. The number of aromatic nitrogens is 2. The van der Waals surface area contributed by atoms with Crippen molar-refractivity contribution in [3.05, 3.63) is 78.2 Å². The second-order valence-electron chi connectivity index (χ2n) is 7.34. The molecule has 3 aromatic rings. The van der Waals surface area contributed by atoms with Crippen molar-refractivity contribution in [3.63, 3.8) is 0 Å². The molecule has 1 N–H and O–H groups in total. The van der Waals surface area contributed by atoms with Gasteiger partial charge in [0.05, 0.1) is 0 Å². The Hall–Kier alpha value is -3.74. The fourth-order valence-corrected chi connectivity index (χ4v) is 3.68. The molecule has 0 unspecified atom stereocenters. The number of pyridine rings is 1. The van der Waals surface area contributed by atoms with E-state index in [1.165, 1.54) is 0 Å². The molecule has 4 rings (SSSR count). The van der Waals surface area contributed by atoms with Crippen LogP contribution in [0.3, 0.4) is 0 Å². The minimum absolute atomic E-state index is 0.0624. The number of carbonyl (C=O) groups is 3. The zero-order chi connectivity index (χ0) is 21.1. The third-order valence-electron chi connectivity index (χ3n) is 5.31. The van der Waals surface area contributed by atoms with Crippen molar-refractivity contribution in [1.82, 2.24) is 19.8 Å². The van der Waals surface area contributed by atoms with Gasteiger partial charge in [-0.15, -0.1) is 0 Å². The van der Waals surface area contributed by atoms with Crippen LogP contribution in [0.1, 0.15) is 27.6 Å². The molecule has 0 bridgehead atoms. The van der Waals surface area contributed by atoms with E-state index in [1.807, 2.05) is 31.2 Å². The molecule has 2 aromatic heterocycles. The van der Waals surface area contributed by atoms with Crippen LogP contribution >= 0.6 is 0 Å². The van der Waals surface area contributed by atoms with Crippen LogP contribution in [0.2, 0.25) is 0 Å². The second-order valence-corrected chi connectivity index (χ2v) is 7.34. The van der Waals surface area contributed by atoms with Gasteiger partial charge in [-0.2, -0.15) is 0 Å². The van der Waals surface area contributed by atoms with Crippen molar-refractivity contribution in [2.75, 3.05) is 19.6 Å².